The third-order valence-corrected chi connectivity index (χ3v) is 4.72. The number of thiazole rings is 1. The molecule has 140 valence electrons. The Morgan fingerprint density at radius 1 is 1.07 bits per heavy atom. The van der Waals surface area contributed by atoms with Crippen LogP contribution in [0.25, 0.3) is 22.5 Å². The molecule has 4 aromatic rings. The predicted molar refractivity (Wildman–Crippen MR) is 105 cm³/mol. The van der Waals surface area contributed by atoms with Gasteiger partial charge in [0.25, 0.3) is 0 Å². The molecule has 0 aliphatic rings. The molecule has 0 bridgehead atoms. The van der Waals surface area contributed by atoms with E-state index in [9.17, 15) is 9.18 Å². The second kappa shape index (κ2) is 8.01. The molecule has 0 atom stereocenters. The number of rotatable bonds is 5. The molecule has 0 radical (unpaired) electrons. The number of urea groups is 1. The van der Waals surface area contributed by atoms with Gasteiger partial charge in [0, 0.05) is 29.2 Å². The van der Waals surface area contributed by atoms with Crippen molar-refractivity contribution >= 4 is 22.5 Å². The first-order chi connectivity index (χ1) is 13.7. The van der Waals surface area contributed by atoms with Gasteiger partial charge in [-0.15, -0.1) is 11.3 Å². The number of hydrogen-bond donors (Lipinski definition) is 2. The van der Waals surface area contributed by atoms with Gasteiger partial charge in [-0.2, -0.15) is 0 Å². The topological polar surface area (TPSA) is 80.0 Å². The van der Waals surface area contributed by atoms with Crippen molar-refractivity contribution in [3.8, 4) is 22.5 Å². The van der Waals surface area contributed by atoms with Gasteiger partial charge >= 0.3 is 6.03 Å². The number of amides is 2. The Bertz CT molecular complexity index is 1060. The smallest absolute Gasteiger partial charge is 0.321 e. The molecule has 2 N–H and O–H groups in total. The molecule has 0 saturated heterocycles. The molecule has 0 unspecified atom stereocenters. The van der Waals surface area contributed by atoms with E-state index in [1.54, 1.807) is 36.2 Å². The van der Waals surface area contributed by atoms with Crippen molar-refractivity contribution in [1.29, 1.82) is 0 Å². The van der Waals surface area contributed by atoms with E-state index in [1.807, 2.05) is 18.2 Å². The van der Waals surface area contributed by atoms with Gasteiger partial charge in [-0.1, -0.05) is 6.07 Å². The van der Waals surface area contributed by atoms with Crippen molar-refractivity contribution < 1.29 is 13.6 Å². The number of nitrogens with zero attached hydrogens (tertiary/aromatic N) is 2. The molecule has 0 aliphatic heterocycles. The van der Waals surface area contributed by atoms with Crippen LogP contribution >= 0.6 is 11.3 Å². The van der Waals surface area contributed by atoms with E-state index in [-0.39, 0.29) is 11.8 Å². The zero-order chi connectivity index (χ0) is 19.3. The van der Waals surface area contributed by atoms with Gasteiger partial charge in [0.05, 0.1) is 23.9 Å². The minimum Gasteiger partial charge on any atom is -0.472 e. The lowest BCUT2D eigenvalue weighted by molar-refractivity contribution is 0.251. The molecule has 28 heavy (non-hydrogen) atoms. The predicted octanol–water partition coefficient (Wildman–Crippen LogP) is 4.93. The summed E-state index contributed by atoms with van der Waals surface area (Å²) in [4.78, 5) is 20.8. The second-order valence-electron chi connectivity index (χ2n) is 5.92. The maximum Gasteiger partial charge on any atom is 0.321 e. The zero-order valence-corrected chi connectivity index (χ0v) is 15.4. The first kappa shape index (κ1) is 17.9. The summed E-state index contributed by atoms with van der Waals surface area (Å²) in [5.74, 6) is -0.302. The third-order valence-electron chi connectivity index (χ3n) is 3.96. The number of hydrogen-bond acceptors (Lipinski definition) is 5. The van der Waals surface area contributed by atoms with E-state index in [2.05, 4.69) is 20.6 Å². The molecular formula is C20H15FN4O2S. The van der Waals surface area contributed by atoms with Crippen LogP contribution in [0, 0.1) is 5.82 Å². The van der Waals surface area contributed by atoms with Gasteiger partial charge in [0.1, 0.15) is 5.82 Å². The Hall–Kier alpha value is -3.52. The number of carbonyl (C=O) groups excluding carboxylic acids is 1. The van der Waals surface area contributed by atoms with Crippen LogP contribution in [0.1, 0.15) is 5.56 Å². The summed E-state index contributed by atoms with van der Waals surface area (Å²) < 4.78 is 18.0. The van der Waals surface area contributed by atoms with Gasteiger partial charge in [-0.05, 0) is 42.0 Å². The quantitative estimate of drug-likeness (QED) is 0.503. The minimum atomic E-state index is -0.362. The number of halogens is 1. The van der Waals surface area contributed by atoms with Crippen LogP contribution in [0.5, 0.6) is 0 Å². The minimum absolute atomic E-state index is 0.302. The summed E-state index contributed by atoms with van der Waals surface area (Å²) in [5, 5.41) is 7.73. The van der Waals surface area contributed by atoms with Crippen molar-refractivity contribution in [1.82, 2.24) is 15.3 Å². The third kappa shape index (κ3) is 4.24. The molecule has 0 spiro atoms. The number of carbonyl (C=O) groups is 1. The highest BCUT2D eigenvalue weighted by Gasteiger charge is 2.08. The van der Waals surface area contributed by atoms with Crippen molar-refractivity contribution in [2.45, 2.75) is 6.54 Å². The highest BCUT2D eigenvalue weighted by molar-refractivity contribution is 7.14. The summed E-state index contributed by atoms with van der Waals surface area (Å²) >= 11 is 1.30. The number of benzene rings is 1. The number of anilines is 1. The normalized spacial score (nSPS) is 10.6. The summed E-state index contributed by atoms with van der Waals surface area (Å²) in [7, 11) is 0. The van der Waals surface area contributed by atoms with Gasteiger partial charge in [-0.25, -0.2) is 14.2 Å². The van der Waals surface area contributed by atoms with Gasteiger partial charge in [0.15, 0.2) is 5.13 Å². The summed E-state index contributed by atoms with van der Waals surface area (Å²) in [6, 6.07) is 11.3. The van der Waals surface area contributed by atoms with E-state index < -0.39 is 0 Å². The molecule has 0 fully saturated rings. The monoisotopic (exact) mass is 394 g/mol. The molecule has 0 aliphatic carbocycles. The average Bonchev–Trinajstić information content (AvgIpc) is 3.40. The van der Waals surface area contributed by atoms with Crippen molar-refractivity contribution in [3.63, 3.8) is 0 Å². The highest BCUT2D eigenvalue weighted by Crippen LogP contribution is 2.25. The van der Waals surface area contributed by atoms with Crippen molar-refractivity contribution in [2.75, 3.05) is 5.32 Å². The number of aromatic nitrogens is 2. The van der Waals surface area contributed by atoms with E-state index in [0.717, 1.165) is 22.4 Å². The van der Waals surface area contributed by atoms with Crippen molar-refractivity contribution in [3.05, 3.63) is 77.9 Å². The first-order valence-electron chi connectivity index (χ1n) is 8.41. The molecule has 3 aromatic heterocycles. The summed E-state index contributed by atoms with van der Waals surface area (Å²) in [5.41, 5.74) is 4.04. The fourth-order valence-electron chi connectivity index (χ4n) is 2.52. The van der Waals surface area contributed by atoms with Crippen LogP contribution in [-0.2, 0) is 6.54 Å². The van der Waals surface area contributed by atoms with E-state index in [4.69, 9.17) is 4.42 Å². The number of nitrogens with one attached hydrogen (secondary N) is 2. The number of pyridine rings is 1. The maximum atomic E-state index is 13.0. The van der Waals surface area contributed by atoms with Gasteiger partial charge in [0.2, 0.25) is 0 Å². The largest absolute Gasteiger partial charge is 0.472 e. The molecule has 2 amide bonds. The highest BCUT2D eigenvalue weighted by atomic mass is 32.1. The van der Waals surface area contributed by atoms with Crippen LogP contribution in [-0.4, -0.2) is 16.0 Å². The first-order valence-corrected chi connectivity index (χ1v) is 9.29. The van der Waals surface area contributed by atoms with Gasteiger partial charge < -0.3 is 9.73 Å². The Labute approximate surface area is 164 Å². The van der Waals surface area contributed by atoms with E-state index >= 15 is 0 Å². The van der Waals surface area contributed by atoms with Crippen molar-refractivity contribution in [2.24, 2.45) is 0 Å². The lowest BCUT2D eigenvalue weighted by atomic mass is 10.2. The molecule has 6 nitrogen and oxygen atoms in total. The summed E-state index contributed by atoms with van der Waals surface area (Å²) in [6.07, 6.45) is 4.93. The summed E-state index contributed by atoms with van der Waals surface area (Å²) in [6.45, 7) is 0.334. The molecular weight excluding hydrogens is 379 g/mol. The van der Waals surface area contributed by atoms with Crippen LogP contribution in [0.3, 0.4) is 0 Å². The van der Waals surface area contributed by atoms with Crippen LogP contribution in [0.4, 0.5) is 14.3 Å². The Morgan fingerprint density at radius 2 is 1.93 bits per heavy atom. The standard InChI is InChI=1S/C20H15FN4O2S/c21-16-4-2-14(3-5-16)18-12-28-20(24-18)25-19(26)23-10-13-1-6-17(22-9-13)15-7-8-27-11-15/h1-9,11-12H,10H2,(H2,23,24,25,26). The zero-order valence-electron chi connectivity index (χ0n) is 14.6. The lowest BCUT2D eigenvalue weighted by Gasteiger charge is -2.06. The molecule has 8 heteroatoms. The van der Waals surface area contributed by atoms with Crippen LogP contribution in [0.15, 0.2) is 71.0 Å². The Kier molecular flexibility index (Phi) is 5.11. The molecule has 1 aromatic carbocycles. The van der Waals surface area contributed by atoms with E-state index in [0.29, 0.717) is 17.4 Å². The Morgan fingerprint density at radius 3 is 2.64 bits per heavy atom. The average molecular weight is 394 g/mol. The maximum absolute atomic E-state index is 13.0. The fraction of sp³-hybridized carbons (Fsp3) is 0.0500. The van der Waals surface area contributed by atoms with Crippen LogP contribution in [0.2, 0.25) is 0 Å². The SMILES string of the molecule is O=C(NCc1ccc(-c2ccoc2)nc1)Nc1nc(-c2ccc(F)cc2)cs1. The number of furan rings is 1. The van der Waals surface area contributed by atoms with E-state index in [1.165, 1.54) is 23.5 Å². The Balaban J connectivity index is 1.32. The molecule has 3 heterocycles. The second-order valence-corrected chi connectivity index (χ2v) is 6.77. The van der Waals surface area contributed by atoms with Crippen LogP contribution < -0.4 is 10.6 Å². The molecule has 0 saturated carbocycles. The van der Waals surface area contributed by atoms with Gasteiger partial charge in [-0.3, -0.25) is 10.3 Å². The lowest BCUT2D eigenvalue weighted by Crippen LogP contribution is -2.28. The fourth-order valence-corrected chi connectivity index (χ4v) is 3.23. The molecule has 4 rings (SSSR count).